The van der Waals surface area contributed by atoms with E-state index in [0.717, 1.165) is 0 Å². The molecule has 140 valence electrons. The maximum atomic E-state index is 3.61. The van der Waals surface area contributed by atoms with Crippen LogP contribution in [0, 0.1) is 0 Å². The number of nitrogens with one attached hydrogen (secondary N) is 1. The first-order valence-electron chi connectivity index (χ1n) is 10.3. The summed E-state index contributed by atoms with van der Waals surface area (Å²) < 4.78 is 2.39. The lowest BCUT2D eigenvalue weighted by molar-refractivity contribution is 1.18. The Morgan fingerprint density at radius 2 is 1.13 bits per heavy atom. The molecule has 2 heteroatoms. The van der Waals surface area contributed by atoms with E-state index in [1.165, 1.54) is 60.1 Å². The number of hydrogen-bond acceptors (Lipinski definition) is 0. The van der Waals surface area contributed by atoms with Crippen molar-refractivity contribution in [3.8, 4) is 5.69 Å². The number of aromatic nitrogens is 2. The van der Waals surface area contributed by atoms with Crippen LogP contribution < -0.4 is 0 Å². The number of H-pyrrole nitrogens is 1. The molecule has 0 spiro atoms. The molecule has 30 heavy (non-hydrogen) atoms. The molecule has 0 amide bonds. The zero-order chi connectivity index (χ0) is 19.7. The fourth-order valence-electron chi connectivity index (χ4n) is 4.90. The Hall–Kier alpha value is -4.04. The Morgan fingerprint density at radius 3 is 2.00 bits per heavy atom. The monoisotopic (exact) mass is 382 g/mol. The van der Waals surface area contributed by atoms with E-state index < -0.39 is 0 Å². The van der Waals surface area contributed by atoms with Gasteiger partial charge in [-0.2, -0.15) is 0 Å². The van der Waals surface area contributed by atoms with Crippen LogP contribution in [0.1, 0.15) is 0 Å². The number of rotatable bonds is 1. The molecule has 0 bridgehead atoms. The maximum absolute atomic E-state index is 3.61. The molecular weight excluding hydrogens is 364 g/mol. The van der Waals surface area contributed by atoms with Crippen LogP contribution in [0.15, 0.2) is 103 Å². The molecule has 2 aromatic heterocycles. The van der Waals surface area contributed by atoms with Gasteiger partial charge in [-0.3, -0.25) is 0 Å². The lowest BCUT2D eigenvalue weighted by atomic mass is 10.0. The van der Waals surface area contributed by atoms with E-state index >= 15 is 0 Å². The summed E-state index contributed by atoms with van der Waals surface area (Å²) in [6, 6.07) is 37.2. The van der Waals surface area contributed by atoms with Gasteiger partial charge in [0.15, 0.2) is 0 Å². The Bertz CT molecular complexity index is 1730. The van der Waals surface area contributed by atoms with E-state index in [0.29, 0.717) is 0 Å². The van der Waals surface area contributed by atoms with Gasteiger partial charge in [-0.1, -0.05) is 60.7 Å². The Kier molecular flexibility index (Phi) is 3.03. The fraction of sp³-hybridized carbons (Fsp3) is 0. The highest BCUT2D eigenvalue weighted by Crippen LogP contribution is 2.38. The summed E-state index contributed by atoms with van der Waals surface area (Å²) in [5.41, 5.74) is 6.01. The average Bonchev–Trinajstić information content (AvgIpc) is 3.31. The molecule has 0 saturated heterocycles. The van der Waals surface area contributed by atoms with E-state index in [2.05, 4.69) is 113 Å². The molecule has 0 atom stereocenters. The van der Waals surface area contributed by atoms with Gasteiger partial charge in [0.1, 0.15) is 0 Å². The predicted octanol–water partition coefficient (Wildman–Crippen LogP) is 7.57. The topological polar surface area (TPSA) is 20.7 Å². The number of benzene rings is 5. The molecular formula is C28H18N2. The second-order valence-electron chi connectivity index (χ2n) is 7.97. The normalized spacial score (nSPS) is 12.0. The van der Waals surface area contributed by atoms with Gasteiger partial charge in [-0.05, 0) is 53.2 Å². The van der Waals surface area contributed by atoms with Gasteiger partial charge >= 0.3 is 0 Å². The van der Waals surface area contributed by atoms with Crippen molar-refractivity contribution in [1.82, 2.24) is 9.55 Å². The smallest absolute Gasteiger partial charge is 0.0562 e. The first-order chi connectivity index (χ1) is 14.9. The van der Waals surface area contributed by atoms with Crippen LogP contribution in [0.25, 0.3) is 60.1 Å². The standard InChI is InChI=1S/C28H18N2/c1-2-10-20(11-3-1)30-27-15-19-9-5-4-8-18(19)14-23(27)24-16-22-21-12-6-7-13-25(21)29-26(22)17-28(24)30/h1-17,29H. The summed E-state index contributed by atoms with van der Waals surface area (Å²) in [5, 5.41) is 7.67. The van der Waals surface area contributed by atoms with Crippen LogP contribution in [-0.2, 0) is 0 Å². The van der Waals surface area contributed by atoms with Crippen molar-refractivity contribution >= 4 is 54.4 Å². The molecule has 0 fully saturated rings. The summed E-state index contributed by atoms with van der Waals surface area (Å²) in [5.74, 6) is 0. The summed E-state index contributed by atoms with van der Waals surface area (Å²) in [7, 11) is 0. The van der Waals surface area contributed by atoms with E-state index in [1.807, 2.05) is 0 Å². The van der Waals surface area contributed by atoms with Crippen LogP contribution >= 0.6 is 0 Å². The highest BCUT2D eigenvalue weighted by molar-refractivity contribution is 6.20. The number of nitrogens with zero attached hydrogens (tertiary/aromatic N) is 1. The highest BCUT2D eigenvalue weighted by atomic mass is 15.0. The lowest BCUT2D eigenvalue weighted by Crippen LogP contribution is -1.93. The number of fused-ring (bicyclic) bond motifs is 7. The van der Waals surface area contributed by atoms with Crippen molar-refractivity contribution in [2.45, 2.75) is 0 Å². The SMILES string of the molecule is c1ccc(-n2c3cc4ccccc4cc3c3cc4c(cc32)[nH]c2ccccc24)cc1. The fourth-order valence-corrected chi connectivity index (χ4v) is 4.90. The van der Waals surface area contributed by atoms with Crippen LogP contribution in [0.3, 0.4) is 0 Å². The van der Waals surface area contributed by atoms with Gasteiger partial charge in [0.25, 0.3) is 0 Å². The van der Waals surface area contributed by atoms with Crippen LogP contribution in [0.2, 0.25) is 0 Å². The molecule has 0 aliphatic heterocycles. The molecule has 1 N–H and O–H groups in total. The highest BCUT2D eigenvalue weighted by Gasteiger charge is 2.15. The molecule has 2 heterocycles. The number of aromatic amines is 1. The molecule has 0 aliphatic carbocycles. The van der Waals surface area contributed by atoms with Gasteiger partial charge in [0, 0.05) is 38.3 Å². The zero-order valence-corrected chi connectivity index (χ0v) is 16.3. The lowest BCUT2D eigenvalue weighted by Gasteiger charge is -2.08. The molecule has 0 unspecified atom stereocenters. The van der Waals surface area contributed by atoms with Crippen LogP contribution in [0.5, 0.6) is 0 Å². The maximum Gasteiger partial charge on any atom is 0.0562 e. The van der Waals surface area contributed by atoms with Crippen molar-refractivity contribution in [2.75, 3.05) is 0 Å². The quantitative estimate of drug-likeness (QED) is 0.302. The van der Waals surface area contributed by atoms with E-state index in [1.54, 1.807) is 0 Å². The van der Waals surface area contributed by atoms with Crippen LogP contribution in [0.4, 0.5) is 0 Å². The van der Waals surface area contributed by atoms with Gasteiger partial charge in [-0.25, -0.2) is 0 Å². The predicted molar refractivity (Wildman–Crippen MR) is 128 cm³/mol. The molecule has 7 rings (SSSR count). The number of para-hydroxylation sites is 2. The number of hydrogen-bond donors (Lipinski definition) is 1. The Labute approximate surface area is 173 Å². The van der Waals surface area contributed by atoms with Crippen LogP contribution in [-0.4, -0.2) is 9.55 Å². The molecule has 0 saturated carbocycles. The van der Waals surface area contributed by atoms with Crippen molar-refractivity contribution < 1.29 is 0 Å². The van der Waals surface area contributed by atoms with Crippen molar-refractivity contribution in [2.24, 2.45) is 0 Å². The summed E-state index contributed by atoms with van der Waals surface area (Å²) in [6.07, 6.45) is 0. The van der Waals surface area contributed by atoms with E-state index in [4.69, 9.17) is 0 Å². The van der Waals surface area contributed by atoms with E-state index in [9.17, 15) is 0 Å². The van der Waals surface area contributed by atoms with Gasteiger partial charge in [0.05, 0.1) is 11.0 Å². The third kappa shape index (κ3) is 2.08. The minimum Gasteiger partial charge on any atom is -0.354 e. The van der Waals surface area contributed by atoms with Crippen molar-refractivity contribution in [3.63, 3.8) is 0 Å². The minimum atomic E-state index is 1.17. The minimum absolute atomic E-state index is 1.17. The van der Waals surface area contributed by atoms with Crippen molar-refractivity contribution in [1.29, 1.82) is 0 Å². The largest absolute Gasteiger partial charge is 0.354 e. The summed E-state index contributed by atoms with van der Waals surface area (Å²) >= 11 is 0. The van der Waals surface area contributed by atoms with Gasteiger partial charge in [0.2, 0.25) is 0 Å². The third-order valence-electron chi connectivity index (χ3n) is 6.27. The molecule has 2 nitrogen and oxygen atoms in total. The average molecular weight is 382 g/mol. The Morgan fingerprint density at radius 1 is 0.467 bits per heavy atom. The summed E-state index contributed by atoms with van der Waals surface area (Å²) in [4.78, 5) is 3.61. The van der Waals surface area contributed by atoms with Gasteiger partial charge in [-0.15, -0.1) is 0 Å². The first-order valence-corrected chi connectivity index (χ1v) is 10.3. The Balaban J connectivity index is 1.73. The second kappa shape index (κ2) is 5.74. The molecule has 0 radical (unpaired) electrons. The third-order valence-corrected chi connectivity index (χ3v) is 6.27. The van der Waals surface area contributed by atoms with Gasteiger partial charge < -0.3 is 9.55 Å². The first kappa shape index (κ1) is 15.8. The second-order valence-corrected chi connectivity index (χ2v) is 7.97. The molecule has 7 aromatic rings. The zero-order valence-electron chi connectivity index (χ0n) is 16.3. The van der Waals surface area contributed by atoms with E-state index in [-0.39, 0.29) is 0 Å². The van der Waals surface area contributed by atoms with Crippen molar-refractivity contribution in [3.05, 3.63) is 103 Å². The molecule has 0 aliphatic rings. The summed E-state index contributed by atoms with van der Waals surface area (Å²) in [6.45, 7) is 0. The molecule has 5 aromatic carbocycles.